The van der Waals surface area contributed by atoms with Gasteiger partial charge in [-0.3, -0.25) is 0 Å². The summed E-state index contributed by atoms with van der Waals surface area (Å²) in [6.07, 6.45) is 1.94. The second-order valence-electron chi connectivity index (χ2n) is 7.04. The van der Waals surface area contributed by atoms with E-state index in [0.29, 0.717) is 28.6 Å². The van der Waals surface area contributed by atoms with Crippen molar-refractivity contribution < 1.29 is 23.4 Å². The summed E-state index contributed by atoms with van der Waals surface area (Å²) in [5, 5.41) is 28.2. The molecule has 2 aromatic rings. The largest absolute Gasteiger partial charge is 0.504 e. The highest BCUT2D eigenvalue weighted by Crippen LogP contribution is 2.40. The maximum Gasteiger partial charge on any atom is 0.254 e. The van der Waals surface area contributed by atoms with Crippen LogP contribution in [-0.2, 0) is 14.8 Å². The molecule has 1 aromatic heterocycles. The number of halogens is 2. The number of aliphatic hydroxyl groups excluding tert-OH is 1. The van der Waals surface area contributed by atoms with Crippen LogP contribution in [0, 0.1) is 0 Å². The highest BCUT2D eigenvalue weighted by atomic mass is 35.5. The van der Waals surface area contributed by atoms with Crippen molar-refractivity contribution in [3.8, 4) is 5.75 Å². The Hall–Kier alpha value is -1.27. The summed E-state index contributed by atoms with van der Waals surface area (Å²) in [7, 11) is -2.59. The lowest BCUT2D eigenvalue weighted by atomic mass is 10.0. The van der Waals surface area contributed by atoms with Crippen LogP contribution in [0.1, 0.15) is 25.7 Å². The van der Waals surface area contributed by atoms with Gasteiger partial charge < -0.3 is 25.6 Å². The number of methoxy groups -OCH3 is 1. The lowest BCUT2D eigenvalue weighted by Crippen LogP contribution is -2.48. The standard InChI is InChI=1S/C18H23Cl2N3O5S2/c1-28-17(21-12-6-4-5-11(19)14(12)20)22-13-9-29-16(15(13)25)30(26,27)23-18(10-24)7-2-3-8-18/h4-6,9,17,21-25H,2-3,7-8,10H2,1H3. The molecule has 30 heavy (non-hydrogen) atoms. The van der Waals surface area contributed by atoms with Gasteiger partial charge in [-0.15, -0.1) is 11.3 Å². The van der Waals surface area contributed by atoms with Crippen LogP contribution in [0.2, 0.25) is 10.0 Å². The predicted octanol–water partition coefficient (Wildman–Crippen LogP) is 3.80. The van der Waals surface area contributed by atoms with Gasteiger partial charge in [0.25, 0.3) is 10.0 Å². The Kier molecular flexibility index (Phi) is 7.39. The smallest absolute Gasteiger partial charge is 0.254 e. The molecule has 8 nitrogen and oxygen atoms in total. The molecular weight excluding hydrogens is 473 g/mol. The maximum atomic E-state index is 12.8. The van der Waals surface area contributed by atoms with E-state index in [1.807, 2.05) is 0 Å². The number of rotatable bonds is 9. The highest BCUT2D eigenvalue weighted by molar-refractivity contribution is 7.91. The summed E-state index contributed by atoms with van der Waals surface area (Å²) in [4.78, 5) is 0. The number of sulfonamides is 1. The second kappa shape index (κ2) is 9.47. The fourth-order valence-corrected chi connectivity index (χ4v) is 6.41. The molecule has 1 unspecified atom stereocenters. The number of aromatic hydroxyl groups is 1. The van der Waals surface area contributed by atoms with Gasteiger partial charge in [-0.05, 0) is 25.0 Å². The highest BCUT2D eigenvalue weighted by Gasteiger charge is 2.39. The first-order chi connectivity index (χ1) is 14.2. The number of ether oxygens (including phenoxy) is 1. The van der Waals surface area contributed by atoms with E-state index in [1.165, 1.54) is 12.5 Å². The molecule has 0 bridgehead atoms. The van der Waals surface area contributed by atoms with Gasteiger partial charge in [0.05, 0.1) is 33.6 Å². The van der Waals surface area contributed by atoms with Gasteiger partial charge in [0, 0.05) is 12.5 Å². The van der Waals surface area contributed by atoms with Crippen LogP contribution >= 0.6 is 34.5 Å². The van der Waals surface area contributed by atoms with Crippen molar-refractivity contribution in [3.05, 3.63) is 33.6 Å². The fraction of sp³-hybridized carbons (Fsp3) is 0.444. The van der Waals surface area contributed by atoms with Gasteiger partial charge in [-0.1, -0.05) is 42.1 Å². The third-order valence-electron chi connectivity index (χ3n) is 4.95. The molecule has 0 aliphatic heterocycles. The monoisotopic (exact) mass is 495 g/mol. The molecule has 12 heteroatoms. The lowest BCUT2D eigenvalue weighted by molar-refractivity contribution is 0.147. The first-order valence-corrected chi connectivity index (χ1v) is 12.3. The minimum absolute atomic E-state index is 0.169. The van der Waals surface area contributed by atoms with Gasteiger partial charge in [-0.2, -0.15) is 0 Å². The number of benzene rings is 1. The molecule has 5 N–H and O–H groups in total. The molecule has 0 radical (unpaired) electrons. The maximum absolute atomic E-state index is 12.8. The summed E-state index contributed by atoms with van der Waals surface area (Å²) in [6, 6.07) is 5.05. The molecule has 1 saturated carbocycles. The molecule has 1 fully saturated rings. The zero-order chi connectivity index (χ0) is 21.9. The van der Waals surface area contributed by atoms with E-state index in [0.717, 1.165) is 24.2 Å². The van der Waals surface area contributed by atoms with Gasteiger partial charge in [0.2, 0.25) is 6.35 Å². The molecule has 0 saturated heterocycles. The number of aliphatic hydroxyl groups is 1. The van der Waals surface area contributed by atoms with Crippen molar-refractivity contribution >= 4 is 55.9 Å². The van der Waals surface area contributed by atoms with Crippen molar-refractivity contribution in [1.29, 1.82) is 0 Å². The van der Waals surface area contributed by atoms with Gasteiger partial charge in [-0.25, -0.2) is 13.1 Å². The topological polar surface area (TPSA) is 120 Å². The molecule has 1 aliphatic carbocycles. The fourth-order valence-electron chi connectivity index (χ4n) is 3.35. The van der Waals surface area contributed by atoms with Crippen LogP contribution in [-0.4, -0.2) is 44.2 Å². The van der Waals surface area contributed by atoms with Crippen LogP contribution in [0.3, 0.4) is 0 Å². The molecule has 1 heterocycles. The van der Waals surface area contributed by atoms with Gasteiger partial charge in [0.1, 0.15) is 0 Å². The average molecular weight is 496 g/mol. The number of hydrogen-bond acceptors (Lipinski definition) is 8. The molecule has 0 spiro atoms. The number of nitrogens with one attached hydrogen (secondary N) is 3. The second-order valence-corrected chi connectivity index (χ2v) is 10.6. The first-order valence-electron chi connectivity index (χ1n) is 9.16. The first kappa shape index (κ1) is 23.4. The van der Waals surface area contributed by atoms with Gasteiger partial charge >= 0.3 is 0 Å². The van der Waals surface area contributed by atoms with E-state index in [4.69, 9.17) is 27.9 Å². The quantitative estimate of drug-likeness (QED) is 0.335. The van der Waals surface area contributed by atoms with Crippen molar-refractivity contribution in [2.75, 3.05) is 24.4 Å². The molecule has 3 rings (SSSR count). The van der Waals surface area contributed by atoms with Crippen LogP contribution in [0.25, 0.3) is 0 Å². The molecule has 1 atom stereocenters. The van der Waals surface area contributed by atoms with Crippen molar-refractivity contribution in [2.45, 2.75) is 41.8 Å². The molecule has 0 amide bonds. The normalized spacial score (nSPS) is 17.1. The van der Waals surface area contributed by atoms with E-state index >= 15 is 0 Å². The van der Waals surface area contributed by atoms with E-state index < -0.39 is 27.7 Å². The Morgan fingerprint density at radius 1 is 1.23 bits per heavy atom. The third-order valence-corrected chi connectivity index (χ3v) is 8.86. The molecule has 166 valence electrons. The third kappa shape index (κ3) is 4.96. The van der Waals surface area contributed by atoms with Crippen LogP contribution in [0.15, 0.2) is 27.8 Å². The summed E-state index contributed by atoms with van der Waals surface area (Å²) in [6.45, 7) is -0.292. The zero-order valence-corrected chi connectivity index (χ0v) is 19.3. The van der Waals surface area contributed by atoms with Crippen LogP contribution < -0.4 is 15.4 Å². The van der Waals surface area contributed by atoms with E-state index in [2.05, 4.69) is 15.4 Å². The SMILES string of the molecule is COC(Nc1csc(S(=O)(=O)NC2(CO)CCCC2)c1O)Nc1cccc(Cl)c1Cl. The minimum atomic E-state index is -4.02. The summed E-state index contributed by atoms with van der Waals surface area (Å²) in [5.74, 6) is -0.431. The minimum Gasteiger partial charge on any atom is -0.504 e. The summed E-state index contributed by atoms with van der Waals surface area (Å²) in [5.41, 5.74) is -0.218. The summed E-state index contributed by atoms with van der Waals surface area (Å²) >= 11 is 13.0. The Morgan fingerprint density at radius 2 is 1.90 bits per heavy atom. The number of anilines is 2. The lowest BCUT2D eigenvalue weighted by Gasteiger charge is -2.27. The predicted molar refractivity (Wildman–Crippen MR) is 119 cm³/mol. The number of hydrogen-bond donors (Lipinski definition) is 5. The van der Waals surface area contributed by atoms with Crippen LogP contribution in [0.5, 0.6) is 5.75 Å². The average Bonchev–Trinajstić information content (AvgIpc) is 3.32. The Labute approximate surface area is 189 Å². The van der Waals surface area contributed by atoms with Crippen molar-refractivity contribution in [2.24, 2.45) is 0 Å². The van der Waals surface area contributed by atoms with E-state index in [9.17, 15) is 18.6 Å². The van der Waals surface area contributed by atoms with Crippen LogP contribution in [0.4, 0.5) is 11.4 Å². The zero-order valence-electron chi connectivity index (χ0n) is 16.1. The molecule has 1 aliphatic rings. The Morgan fingerprint density at radius 3 is 2.53 bits per heavy atom. The summed E-state index contributed by atoms with van der Waals surface area (Å²) < 4.78 is 33.3. The van der Waals surface area contributed by atoms with E-state index in [1.54, 1.807) is 18.2 Å². The van der Waals surface area contributed by atoms with Crippen molar-refractivity contribution in [3.63, 3.8) is 0 Å². The van der Waals surface area contributed by atoms with Crippen molar-refractivity contribution in [1.82, 2.24) is 4.72 Å². The van der Waals surface area contributed by atoms with E-state index in [-0.39, 0.29) is 16.5 Å². The number of thiophene rings is 1. The Bertz CT molecular complexity index is 994. The molecule has 1 aromatic carbocycles. The van der Waals surface area contributed by atoms with Gasteiger partial charge in [0.15, 0.2) is 9.96 Å². The Balaban J connectivity index is 1.77. The molecular formula is C18H23Cl2N3O5S2.